The summed E-state index contributed by atoms with van der Waals surface area (Å²) in [5, 5.41) is 2.64. The van der Waals surface area contributed by atoms with E-state index in [1.165, 1.54) is 23.5 Å². The molecule has 0 aliphatic carbocycles. The second kappa shape index (κ2) is 4.18. The van der Waals surface area contributed by atoms with Gasteiger partial charge in [-0.3, -0.25) is 0 Å². The third-order valence-corrected chi connectivity index (χ3v) is 4.05. The number of fused-ring (bicyclic) bond motifs is 1. The van der Waals surface area contributed by atoms with E-state index in [-0.39, 0.29) is 0 Å². The average Bonchev–Trinajstić information content (AvgIpc) is 2.23. The van der Waals surface area contributed by atoms with Crippen LogP contribution in [0.4, 0.5) is 0 Å². The highest BCUT2D eigenvalue weighted by atomic mass is 127. The molecule has 2 aromatic rings. The molecule has 0 saturated carbocycles. The molecule has 0 bridgehead atoms. The van der Waals surface area contributed by atoms with Gasteiger partial charge in [-0.1, -0.05) is 24.8 Å². The third-order valence-electron chi connectivity index (χ3n) is 2.17. The van der Waals surface area contributed by atoms with Crippen molar-refractivity contribution in [3.8, 4) is 0 Å². The van der Waals surface area contributed by atoms with Crippen LogP contribution in [0.15, 0.2) is 36.9 Å². The van der Waals surface area contributed by atoms with Crippen LogP contribution in [0.2, 0.25) is 0 Å². The fourth-order valence-electron chi connectivity index (χ4n) is 1.42. The lowest BCUT2D eigenvalue weighted by Gasteiger charge is -2.04. The molecule has 0 heterocycles. The van der Waals surface area contributed by atoms with Crippen LogP contribution in [0, 0.1) is 7.14 Å². The molecule has 2 rings (SSSR count). The van der Waals surface area contributed by atoms with Gasteiger partial charge in [-0.05, 0) is 79.7 Å². The Morgan fingerprint density at radius 1 is 0.929 bits per heavy atom. The summed E-state index contributed by atoms with van der Waals surface area (Å²) in [6.07, 6.45) is 1.88. The highest BCUT2D eigenvalue weighted by molar-refractivity contribution is 14.1. The Morgan fingerprint density at radius 3 is 2.21 bits per heavy atom. The number of halogens is 2. The van der Waals surface area contributed by atoms with Gasteiger partial charge in [0, 0.05) is 7.14 Å². The first kappa shape index (κ1) is 10.4. The minimum absolute atomic E-state index is 1.18. The normalized spacial score (nSPS) is 10.4. The zero-order valence-electron chi connectivity index (χ0n) is 7.43. The van der Waals surface area contributed by atoms with Crippen molar-refractivity contribution in [3.63, 3.8) is 0 Å². The zero-order chi connectivity index (χ0) is 10.1. The Labute approximate surface area is 111 Å². The maximum Gasteiger partial charge on any atom is 0.0209 e. The van der Waals surface area contributed by atoms with E-state index >= 15 is 0 Å². The number of hydrogen-bond acceptors (Lipinski definition) is 0. The van der Waals surface area contributed by atoms with Gasteiger partial charge in [0.1, 0.15) is 0 Å². The number of benzene rings is 2. The summed E-state index contributed by atoms with van der Waals surface area (Å²) in [4.78, 5) is 0. The highest BCUT2D eigenvalue weighted by Crippen LogP contribution is 2.26. The van der Waals surface area contributed by atoms with Gasteiger partial charge < -0.3 is 0 Å². The molecule has 0 N–H and O–H groups in total. The van der Waals surface area contributed by atoms with Crippen molar-refractivity contribution in [2.24, 2.45) is 0 Å². The van der Waals surface area contributed by atoms with Crippen molar-refractivity contribution in [2.75, 3.05) is 0 Å². The van der Waals surface area contributed by atoms with Crippen LogP contribution in [-0.2, 0) is 0 Å². The minimum Gasteiger partial charge on any atom is -0.0985 e. The Hall–Kier alpha value is -0.100. The molecule has 2 heteroatoms. The molecular weight excluding hydrogens is 398 g/mol. The molecule has 0 atom stereocenters. The first-order valence-electron chi connectivity index (χ1n) is 4.22. The fraction of sp³-hybridized carbons (Fsp3) is 0. The lowest BCUT2D eigenvalue weighted by Crippen LogP contribution is -1.83. The maximum absolute atomic E-state index is 3.79. The van der Waals surface area contributed by atoms with Gasteiger partial charge in [-0.25, -0.2) is 0 Å². The molecule has 0 aliphatic heterocycles. The topological polar surface area (TPSA) is 0 Å². The molecule has 70 valence electrons. The largest absolute Gasteiger partial charge is 0.0985 e. The smallest absolute Gasteiger partial charge is 0.0209 e. The first-order chi connectivity index (χ1) is 6.72. The van der Waals surface area contributed by atoms with Crippen molar-refractivity contribution in [1.82, 2.24) is 0 Å². The predicted octanol–water partition coefficient (Wildman–Crippen LogP) is 4.69. The van der Waals surface area contributed by atoms with Gasteiger partial charge >= 0.3 is 0 Å². The molecule has 14 heavy (non-hydrogen) atoms. The third kappa shape index (κ3) is 1.82. The SMILES string of the molecule is C=Cc1ccc2c(I)ccc(I)c2c1. The van der Waals surface area contributed by atoms with Crippen molar-refractivity contribution in [2.45, 2.75) is 0 Å². The van der Waals surface area contributed by atoms with Gasteiger partial charge in [0.25, 0.3) is 0 Å². The Kier molecular flexibility index (Phi) is 3.11. The second-order valence-corrected chi connectivity index (χ2v) is 5.36. The Morgan fingerprint density at radius 2 is 1.57 bits per heavy atom. The minimum atomic E-state index is 1.18. The van der Waals surface area contributed by atoms with Crippen LogP contribution in [0.25, 0.3) is 16.8 Å². The summed E-state index contributed by atoms with van der Waals surface area (Å²) in [6, 6.07) is 10.8. The van der Waals surface area contributed by atoms with Crippen LogP contribution in [-0.4, -0.2) is 0 Å². The van der Waals surface area contributed by atoms with Crippen molar-refractivity contribution in [1.29, 1.82) is 0 Å². The summed E-state index contributed by atoms with van der Waals surface area (Å²) in [5.74, 6) is 0. The summed E-state index contributed by atoms with van der Waals surface area (Å²) in [5.41, 5.74) is 1.18. The van der Waals surface area contributed by atoms with Crippen molar-refractivity contribution in [3.05, 3.63) is 49.6 Å². The van der Waals surface area contributed by atoms with E-state index in [4.69, 9.17) is 0 Å². The first-order valence-corrected chi connectivity index (χ1v) is 6.38. The summed E-state index contributed by atoms with van der Waals surface area (Å²) < 4.78 is 2.59. The molecule has 0 nitrogen and oxygen atoms in total. The van der Waals surface area contributed by atoms with Crippen LogP contribution in [0.3, 0.4) is 0 Å². The van der Waals surface area contributed by atoms with E-state index in [1.54, 1.807) is 0 Å². The standard InChI is InChI=1S/C12H8I2/c1-2-8-3-4-9-10(7-8)12(14)6-5-11(9)13/h2-7H,1H2. The monoisotopic (exact) mass is 406 g/mol. The predicted molar refractivity (Wildman–Crippen MR) is 79.5 cm³/mol. The summed E-state index contributed by atoms with van der Waals surface area (Å²) in [7, 11) is 0. The molecule has 0 unspecified atom stereocenters. The molecule has 0 fully saturated rings. The van der Waals surface area contributed by atoms with Gasteiger partial charge in [-0.15, -0.1) is 0 Å². The van der Waals surface area contributed by atoms with E-state index in [1.807, 2.05) is 6.08 Å². The van der Waals surface area contributed by atoms with Crippen LogP contribution in [0.1, 0.15) is 5.56 Å². The zero-order valence-corrected chi connectivity index (χ0v) is 11.7. The molecular formula is C12H8I2. The van der Waals surface area contributed by atoms with E-state index in [9.17, 15) is 0 Å². The molecule has 0 aromatic heterocycles. The van der Waals surface area contributed by atoms with Gasteiger partial charge in [0.15, 0.2) is 0 Å². The second-order valence-electron chi connectivity index (χ2n) is 3.04. The van der Waals surface area contributed by atoms with Crippen molar-refractivity contribution < 1.29 is 0 Å². The molecule has 0 saturated heterocycles. The van der Waals surface area contributed by atoms with Crippen LogP contribution < -0.4 is 0 Å². The fourth-order valence-corrected chi connectivity index (χ4v) is 2.70. The van der Waals surface area contributed by atoms with Gasteiger partial charge in [0.05, 0.1) is 0 Å². The summed E-state index contributed by atoms with van der Waals surface area (Å²) in [6.45, 7) is 3.79. The lowest BCUT2D eigenvalue weighted by molar-refractivity contribution is 1.65. The average molecular weight is 406 g/mol. The Balaban J connectivity index is 2.86. The van der Waals surface area contributed by atoms with E-state index < -0.39 is 0 Å². The van der Waals surface area contributed by atoms with E-state index in [0.717, 1.165) is 0 Å². The summed E-state index contributed by atoms with van der Waals surface area (Å²) >= 11 is 4.74. The Bertz CT molecular complexity index is 501. The van der Waals surface area contributed by atoms with Gasteiger partial charge in [-0.2, -0.15) is 0 Å². The van der Waals surface area contributed by atoms with Crippen molar-refractivity contribution >= 4 is 62.0 Å². The number of hydrogen-bond donors (Lipinski definition) is 0. The quantitative estimate of drug-likeness (QED) is 0.603. The van der Waals surface area contributed by atoms with Gasteiger partial charge in [0.2, 0.25) is 0 Å². The van der Waals surface area contributed by atoms with E-state index in [0.29, 0.717) is 0 Å². The maximum atomic E-state index is 3.79. The number of rotatable bonds is 1. The lowest BCUT2D eigenvalue weighted by atomic mass is 10.1. The molecule has 0 amide bonds. The highest BCUT2D eigenvalue weighted by Gasteiger charge is 2.02. The molecule has 0 spiro atoms. The van der Waals surface area contributed by atoms with Crippen LogP contribution in [0.5, 0.6) is 0 Å². The molecule has 0 radical (unpaired) electrons. The van der Waals surface area contributed by atoms with E-state index in [2.05, 4.69) is 82.1 Å². The molecule has 2 aromatic carbocycles. The molecule has 0 aliphatic rings. The van der Waals surface area contributed by atoms with Crippen LogP contribution >= 0.6 is 45.2 Å².